The fraction of sp³-hybridized carbons (Fsp3) is 0.222. The van der Waals surface area contributed by atoms with Gasteiger partial charge >= 0.3 is 5.97 Å². The van der Waals surface area contributed by atoms with Crippen LogP contribution in [0, 0.1) is 6.92 Å². The van der Waals surface area contributed by atoms with Crippen LogP contribution in [0.2, 0.25) is 0 Å². The molecule has 0 atom stereocenters. The maximum absolute atomic E-state index is 10.7. The van der Waals surface area contributed by atoms with E-state index in [-0.39, 0.29) is 5.97 Å². The lowest BCUT2D eigenvalue weighted by Crippen LogP contribution is -2.01. The summed E-state index contributed by atoms with van der Waals surface area (Å²) >= 11 is 1.55. The van der Waals surface area contributed by atoms with Crippen molar-refractivity contribution in [2.75, 3.05) is 0 Å². The van der Waals surface area contributed by atoms with Gasteiger partial charge in [-0.15, -0.1) is 11.3 Å². The Labute approximate surface area is 90.1 Å². The van der Waals surface area contributed by atoms with Crippen molar-refractivity contribution in [3.63, 3.8) is 0 Å². The molecule has 0 aromatic carbocycles. The Bertz CT molecular complexity index is 489. The molecule has 2 heterocycles. The summed E-state index contributed by atoms with van der Waals surface area (Å²) in [4.78, 5) is 14.9. The standard InChI is InChI=1S/C9H9N3O2S/c1-5-10-8(4-15-5)7-3-9(12-11-7)14-6(2)13/h3-4H,1-2H3,(H,11,12). The molecule has 0 bridgehead atoms. The van der Waals surface area contributed by atoms with Crippen molar-refractivity contribution in [3.05, 3.63) is 16.5 Å². The Morgan fingerprint density at radius 2 is 2.33 bits per heavy atom. The lowest BCUT2D eigenvalue weighted by atomic mass is 10.3. The van der Waals surface area contributed by atoms with Crippen molar-refractivity contribution in [2.24, 2.45) is 0 Å². The fourth-order valence-electron chi connectivity index (χ4n) is 1.12. The maximum Gasteiger partial charge on any atom is 0.309 e. The molecule has 0 aliphatic rings. The molecular formula is C9H9N3O2S. The average Bonchev–Trinajstić information content (AvgIpc) is 2.72. The summed E-state index contributed by atoms with van der Waals surface area (Å²) in [5.41, 5.74) is 1.46. The molecule has 0 radical (unpaired) electrons. The second kappa shape index (κ2) is 3.82. The Hall–Kier alpha value is -1.69. The molecule has 2 rings (SSSR count). The number of rotatable bonds is 2. The van der Waals surface area contributed by atoms with Crippen LogP contribution in [0.1, 0.15) is 11.9 Å². The van der Waals surface area contributed by atoms with Gasteiger partial charge in [-0.1, -0.05) is 0 Å². The first kappa shape index (κ1) is 9.85. The van der Waals surface area contributed by atoms with E-state index < -0.39 is 0 Å². The highest BCUT2D eigenvalue weighted by Crippen LogP contribution is 2.22. The average molecular weight is 223 g/mol. The zero-order chi connectivity index (χ0) is 10.8. The van der Waals surface area contributed by atoms with Crippen LogP contribution in [0.3, 0.4) is 0 Å². The van der Waals surface area contributed by atoms with Crippen LogP contribution in [-0.2, 0) is 4.79 Å². The number of carbonyl (C=O) groups is 1. The molecule has 5 nitrogen and oxygen atoms in total. The molecule has 0 unspecified atom stereocenters. The molecule has 0 amide bonds. The van der Waals surface area contributed by atoms with Gasteiger partial charge in [-0.2, -0.15) is 5.10 Å². The molecule has 0 saturated carbocycles. The third-order valence-corrected chi connectivity index (χ3v) is 2.46. The van der Waals surface area contributed by atoms with E-state index in [4.69, 9.17) is 4.74 Å². The Kier molecular flexibility index (Phi) is 2.51. The van der Waals surface area contributed by atoms with Gasteiger partial charge in [0.2, 0.25) is 5.88 Å². The summed E-state index contributed by atoms with van der Waals surface area (Å²) in [6, 6.07) is 1.65. The summed E-state index contributed by atoms with van der Waals surface area (Å²) in [7, 11) is 0. The van der Waals surface area contributed by atoms with E-state index in [9.17, 15) is 4.79 Å². The van der Waals surface area contributed by atoms with Crippen LogP contribution in [-0.4, -0.2) is 21.2 Å². The number of carbonyl (C=O) groups excluding carboxylic acids is 1. The van der Waals surface area contributed by atoms with Crippen molar-refractivity contribution < 1.29 is 9.53 Å². The van der Waals surface area contributed by atoms with Crippen LogP contribution < -0.4 is 4.74 Å². The minimum atomic E-state index is -0.375. The van der Waals surface area contributed by atoms with E-state index in [0.717, 1.165) is 10.7 Å². The normalized spacial score (nSPS) is 10.3. The Morgan fingerprint density at radius 1 is 1.53 bits per heavy atom. The Balaban J connectivity index is 2.23. The van der Waals surface area contributed by atoms with Gasteiger partial charge in [-0.3, -0.25) is 4.79 Å². The van der Waals surface area contributed by atoms with Crippen LogP contribution in [0.25, 0.3) is 11.4 Å². The summed E-state index contributed by atoms with van der Waals surface area (Å²) in [5, 5.41) is 9.49. The third-order valence-electron chi connectivity index (χ3n) is 1.69. The number of esters is 1. The number of aromatic amines is 1. The molecule has 15 heavy (non-hydrogen) atoms. The number of hydrogen-bond donors (Lipinski definition) is 1. The quantitative estimate of drug-likeness (QED) is 0.788. The van der Waals surface area contributed by atoms with E-state index in [1.54, 1.807) is 17.4 Å². The number of thiazole rings is 1. The maximum atomic E-state index is 10.7. The summed E-state index contributed by atoms with van der Waals surface area (Å²) in [6.45, 7) is 3.27. The van der Waals surface area contributed by atoms with Gasteiger partial charge in [0.25, 0.3) is 0 Å². The zero-order valence-corrected chi connectivity index (χ0v) is 9.09. The lowest BCUT2D eigenvalue weighted by Gasteiger charge is -1.92. The molecular weight excluding hydrogens is 214 g/mol. The monoisotopic (exact) mass is 223 g/mol. The van der Waals surface area contributed by atoms with E-state index in [0.29, 0.717) is 11.6 Å². The van der Waals surface area contributed by atoms with E-state index in [1.165, 1.54) is 6.92 Å². The zero-order valence-electron chi connectivity index (χ0n) is 8.27. The summed E-state index contributed by atoms with van der Waals surface area (Å²) < 4.78 is 4.84. The van der Waals surface area contributed by atoms with Crippen molar-refractivity contribution in [2.45, 2.75) is 13.8 Å². The second-order valence-electron chi connectivity index (χ2n) is 2.96. The van der Waals surface area contributed by atoms with Gasteiger partial charge in [0.1, 0.15) is 11.4 Å². The van der Waals surface area contributed by atoms with E-state index >= 15 is 0 Å². The second-order valence-corrected chi connectivity index (χ2v) is 4.03. The van der Waals surface area contributed by atoms with Crippen LogP contribution in [0.5, 0.6) is 5.88 Å². The number of nitrogens with one attached hydrogen (secondary N) is 1. The van der Waals surface area contributed by atoms with Crippen LogP contribution >= 0.6 is 11.3 Å². The van der Waals surface area contributed by atoms with E-state index in [1.807, 2.05) is 12.3 Å². The third kappa shape index (κ3) is 2.21. The molecule has 0 spiro atoms. The SMILES string of the molecule is CC(=O)Oc1cc(-c2csc(C)n2)n[nH]1. The van der Waals surface area contributed by atoms with Crippen molar-refractivity contribution >= 4 is 17.3 Å². The van der Waals surface area contributed by atoms with Crippen molar-refractivity contribution in [1.29, 1.82) is 0 Å². The number of ether oxygens (including phenoxy) is 1. The molecule has 6 heteroatoms. The van der Waals surface area contributed by atoms with Gasteiger partial charge < -0.3 is 4.74 Å². The van der Waals surface area contributed by atoms with Crippen LogP contribution in [0.15, 0.2) is 11.4 Å². The van der Waals surface area contributed by atoms with Gasteiger partial charge in [0.05, 0.1) is 5.01 Å². The largest absolute Gasteiger partial charge is 0.408 e. The highest BCUT2D eigenvalue weighted by molar-refractivity contribution is 7.09. The molecule has 0 fully saturated rings. The van der Waals surface area contributed by atoms with Crippen LogP contribution in [0.4, 0.5) is 0 Å². The number of nitrogens with zero attached hydrogens (tertiary/aromatic N) is 2. The number of aryl methyl sites for hydroxylation is 1. The molecule has 2 aromatic rings. The highest BCUT2D eigenvalue weighted by Gasteiger charge is 2.08. The highest BCUT2D eigenvalue weighted by atomic mass is 32.1. The van der Waals surface area contributed by atoms with Gasteiger partial charge in [-0.05, 0) is 6.92 Å². The number of aromatic nitrogens is 3. The first-order valence-electron chi connectivity index (χ1n) is 4.31. The number of H-pyrrole nitrogens is 1. The topological polar surface area (TPSA) is 67.9 Å². The predicted octanol–water partition coefficient (Wildman–Crippen LogP) is 1.77. The minimum absolute atomic E-state index is 0.336. The molecule has 1 N–H and O–H groups in total. The first-order valence-corrected chi connectivity index (χ1v) is 5.19. The minimum Gasteiger partial charge on any atom is -0.408 e. The lowest BCUT2D eigenvalue weighted by molar-refractivity contribution is -0.132. The van der Waals surface area contributed by atoms with Crippen molar-refractivity contribution in [1.82, 2.24) is 15.2 Å². The van der Waals surface area contributed by atoms with Gasteiger partial charge in [0, 0.05) is 18.4 Å². The fourth-order valence-corrected chi connectivity index (χ4v) is 1.73. The summed E-state index contributed by atoms with van der Waals surface area (Å²) in [6.07, 6.45) is 0. The van der Waals surface area contributed by atoms with Gasteiger partial charge in [0.15, 0.2) is 0 Å². The molecule has 2 aromatic heterocycles. The molecule has 0 saturated heterocycles. The van der Waals surface area contributed by atoms with E-state index in [2.05, 4.69) is 15.2 Å². The smallest absolute Gasteiger partial charge is 0.309 e. The molecule has 0 aliphatic heterocycles. The predicted molar refractivity (Wildman–Crippen MR) is 55.7 cm³/mol. The van der Waals surface area contributed by atoms with Gasteiger partial charge in [-0.25, -0.2) is 10.1 Å². The first-order chi connectivity index (χ1) is 7.15. The molecule has 78 valence electrons. The summed E-state index contributed by atoms with van der Waals surface area (Å²) in [5.74, 6) is -0.0391. The molecule has 0 aliphatic carbocycles. The number of hydrogen-bond acceptors (Lipinski definition) is 5. The van der Waals surface area contributed by atoms with Crippen molar-refractivity contribution in [3.8, 4) is 17.3 Å². The Morgan fingerprint density at radius 3 is 2.93 bits per heavy atom.